The second kappa shape index (κ2) is 4.76. The molecule has 6 heteroatoms. The zero-order valence-corrected chi connectivity index (χ0v) is 7.44. The van der Waals surface area contributed by atoms with Crippen LogP contribution >= 0.6 is 0 Å². The molecular weight excluding hydrogens is 190 g/mol. The number of halogens is 4. The Balaban J connectivity index is 3.88. The minimum Gasteiger partial charge on any atom is -0.370 e. The van der Waals surface area contributed by atoms with E-state index in [0.717, 1.165) is 0 Å². The van der Waals surface area contributed by atoms with Crippen molar-refractivity contribution in [3.63, 3.8) is 0 Å². The molecule has 0 aliphatic rings. The smallest absolute Gasteiger partial charge is 0.330 e. The van der Waals surface area contributed by atoms with Crippen LogP contribution in [0.25, 0.3) is 0 Å². The number of nitrogens with two attached hydrogens (primary N) is 1. The van der Waals surface area contributed by atoms with Crippen molar-refractivity contribution in [2.45, 2.75) is 38.3 Å². The summed E-state index contributed by atoms with van der Waals surface area (Å²) in [7, 11) is 0. The predicted octanol–water partition coefficient (Wildman–Crippen LogP) is 1.64. The molecule has 13 heavy (non-hydrogen) atoms. The summed E-state index contributed by atoms with van der Waals surface area (Å²) in [5.74, 6) is -4.09. The van der Waals surface area contributed by atoms with E-state index in [2.05, 4.69) is 4.74 Å². The minimum absolute atomic E-state index is 0.464. The highest BCUT2D eigenvalue weighted by Gasteiger charge is 2.41. The highest BCUT2D eigenvalue weighted by Crippen LogP contribution is 2.23. The van der Waals surface area contributed by atoms with E-state index in [0.29, 0.717) is 0 Å². The van der Waals surface area contributed by atoms with Gasteiger partial charge in [-0.2, -0.15) is 8.78 Å². The zero-order valence-electron chi connectivity index (χ0n) is 7.44. The van der Waals surface area contributed by atoms with Crippen molar-refractivity contribution in [1.82, 2.24) is 0 Å². The van der Waals surface area contributed by atoms with Gasteiger partial charge in [-0.05, 0) is 13.8 Å². The number of alkyl halides is 4. The van der Waals surface area contributed by atoms with Crippen LogP contribution in [0.4, 0.5) is 17.6 Å². The average Bonchev–Trinajstić information content (AvgIpc) is 1.99. The van der Waals surface area contributed by atoms with Crippen molar-refractivity contribution in [1.29, 1.82) is 0 Å². The van der Waals surface area contributed by atoms with Gasteiger partial charge in [0.2, 0.25) is 0 Å². The Morgan fingerprint density at radius 3 is 2.08 bits per heavy atom. The lowest BCUT2D eigenvalue weighted by atomic mass is 10.2. The van der Waals surface area contributed by atoms with Crippen LogP contribution < -0.4 is 5.73 Å². The Morgan fingerprint density at radius 1 is 1.31 bits per heavy atom. The fraction of sp³-hybridized carbons (Fsp3) is 1.00. The van der Waals surface area contributed by atoms with Gasteiger partial charge in [0, 0.05) is 6.04 Å². The van der Waals surface area contributed by atoms with E-state index >= 15 is 0 Å². The molecule has 0 saturated heterocycles. The van der Waals surface area contributed by atoms with Crippen LogP contribution in [-0.2, 0) is 4.74 Å². The number of hydrogen-bond donors (Lipinski definition) is 1. The van der Waals surface area contributed by atoms with Crippen LogP contribution in [0.3, 0.4) is 0 Å². The maximum absolute atomic E-state index is 12.3. The fourth-order valence-electron chi connectivity index (χ4n) is 0.457. The van der Waals surface area contributed by atoms with Gasteiger partial charge in [0.1, 0.15) is 6.61 Å². The standard InChI is InChI=1S/C7H13F4NO/c1-4(12)5(2)13-3-7(10,11)6(8)9/h4-6H,3,12H2,1-2H3. The molecule has 2 N–H and O–H groups in total. The highest BCUT2D eigenvalue weighted by molar-refractivity contribution is 4.70. The summed E-state index contributed by atoms with van der Waals surface area (Å²) in [6, 6.07) is -0.464. The van der Waals surface area contributed by atoms with Crippen molar-refractivity contribution < 1.29 is 22.3 Å². The molecule has 80 valence electrons. The van der Waals surface area contributed by atoms with Gasteiger partial charge in [-0.25, -0.2) is 8.78 Å². The van der Waals surface area contributed by atoms with E-state index in [-0.39, 0.29) is 0 Å². The molecule has 2 unspecified atom stereocenters. The summed E-state index contributed by atoms with van der Waals surface area (Å²) in [6.45, 7) is 1.70. The monoisotopic (exact) mass is 203 g/mol. The fourth-order valence-corrected chi connectivity index (χ4v) is 0.457. The van der Waals surface area contributed by atoms with Gasteiger partial charge in [0.15, 0.2) is 0 Å². The third kappa shape index (κ3) is 4.42. The summed E-state index contributed by atoms with van der Waals surface area (Å²) >= 11 is 0. The Hall–Kier alpha value is -0.360. The van der Waals surface area contributed by atoms with Gasteiger partial charge in [-0.1, -0.05) is 0 Å². The molecule has 0 saturated carbocycles. The van der Waals surface area contributed by atoms with Crippen LogP contribution in [0.5, 0.6) is 0 Å². The van der Waals surface area contributed by atoms with E-state index in [1.165, 1.54) is 6.92 Å². The van der Waals surface area contributed by atoms with Crippen LogP contribution in [0.2, 0.25) is 0 Å². The van der Waals surface area contributed by atoms with Crippen molar-refractivity contribution >= 4 is 0 Å². The maximum atomic E-state index is 12.3. The minimum atomic E-state index is -4.09. The Morgan fingerprint density at radius 2 is 1.77 bits per heavy atom. The first-order valence-electron chi connectivity index (χ1n) is 3.80. The summed E-state index contributed by atoms with van der Waals surface area (Å²) in [4.78, 5) is 0. The van der Waals surface area contributed by atoms with Crippen LogP contribution in [0, 0.1) is 0 Å². The first-order chi connectivity index (χ1) is 5.77. The van der Waals surface area contributed by atoms with Gasteiger partial charge in [0.25, 0.3) is 0 Å². The molecule has 2 nitrogen and oxygen atoms in total. The molecule has 0 heterocycles. The molecule has 0 rings (SSSR count). The molecular formula is C7H13F4NO. The second-order valence-electron chi connectivity index (χ2n) is 2.94. The first-order valence-corrected chi connectivity index (χ1v) is 3.80. The van der Waals surface area contributed by atoms with Crippen LogP contribution in [0.15, 0.2) is 0 Å². The highest BCUT2D eigenvalue weighted by atomic mass is 19.3. The van der Waals surface area contributed by atoms with Crippen molar-refractivity contribution in [3.05, 3.63) is 0 Å². The number of ether oxygens (including phenoxy) is 1. The van der Waals surface area contributed by atoms with E-state index in [4.69, 9.17) is 5.73 Å². The normalized spacial score (nSPS) is 17.5. The lowest BCUT2D eigenvalue weighted by molar-refractivity contribution is -0.175. The summed E-state index contributed by atoms with van der Waals surface area (Å²) in [5.41, 5.74) is 5.28. The van der Waals surface area contributed by atoms with Gasteiger partial charge in [-0.15, -0.1) is 0 Å². The lowest BCUT2D eigenvalue weighted by Gasteiger charge is -2.21. The molecule has 0 aromatic rings. The van der Waals surface area contributed by atoms with Gasteiger partial charge >= 0.3 is 12.3 Å². The molecule has 0 radical (unpaired) electrons. The lowest BCUT2D eigenvalue weighted by Crippen LogP contribution is -2.38. The van der Waals surface area contributed by atoms with E-state index in [1.807, 2.05) is 0 Å². The van der Waals surface area contributed by atoms with Gasteiger partial charge < -0.3 is 10.5 Å². The number of hydrogen-bond acceptors (Lipinski definition) is 2. The summed E-state index contributed by atoms with van der Waals surface area (Å²) in [5, 5.41) is 0. The van der Waals surface area contributed by atoms with E-state index < -0.39 is 31.1 Å². The molecule has 0 amide bonds. The molecule has 2 atom stereocenters. The van der Waals surface area contributed by atoms with E-state index in [9.17, 15) is 17.6 Å². The van der Waals surface area contributed by atoms with Crippen molar-refractivity contribution in [3.8, 4) is 0 Å². The first kappa shape index (κ1) is 12.6. The molecule has 0 spiro atoms. The molecule has 0 aromatic heterocycles. The Kier molecular flexibility index (Phi) is 4.63. The molecule has 0 bridgehead atoms. The zero-order chi connectivity index (χ0) is 10.6. The third-order valence-corrected chi connectivity index (χ3v) is 1.60. The SMILES string of the molecule is CC(N)C(C)OCC(F)(F)C(F)F. The largest absolute Gasteiger partial charge is 0.370 e. The van der Waals surface area contributed by atoms with Crippen molar-refractivity contribution in [2.24, 2.45) is 5.73 Å². The van der Waals surface area contributed by atoms with Crippen LogP contribution in [0.1, 0.15) is 13.8 Å². The average molecular weight is 203 g/mol. The topological polar surface area (TPSA) is 35.2 Å². The van der Waals surface area contributed by atoms with Crippen molar-refractivity contribution in [2.75, 3.05) is 6.61 Å². The summed E-state index contributed by atoms with van der Waals surface area (Å²) in [6.07, 6.45) is -4.36. The third-order valence-electron chi connectivity index (χ3n) is 1.60. The quantitative estimate of drug-likeness (QED) is 0.689. The second-order valence-corrected chi connectivity index (χ2v) is 2.94. The molecule has 0 aliphatic heterocycles. The van der Waals surface area contributed by atoms with Gasteiger partial charge in [0.05, 0.1) is 6.10 Å². The van der Waals surface area contributed by atoms with Gasteiger partial charge in [-0.3, -0.25) is 0 Å². The maximum Gasteiger partial charge on any atom is 0.330 e. The Bertz CT molecular complexity index is 151. The number of rotatable bonds is 5. The predicted molar refractivity (Wildman–Crippen MR) is 40.0 cm³/mol. The molecule has 0 aromatic carbocycles. The van der Waals surface area contributed by atoms with E-state index in [1.54, 1.807) is 6.92 Å². The molecule has 0 aliphatic carbocycles. The summed E-state index contributed by atoms with van der Waals surface area (Å²) < 4.78 is 52.2. The van der Waals surface area contributed by atoms with Crippen LogP contribution in [-0.4, -0.2) is 31.1 Å². The Labute approximate surface area is 74.0 Å². The molecule has 0 fully saturated rings.